The molecule has 2 aliphatic rings. The van der Waals surface area contributed by atoms with Crippen molar-refractivity contribution in [3.05, 3.63) is 35.4 Å². The van der Waals surface area contributed by atoms with Gasteiger partial charge in [-0.1, -0.05) is 39.8 Å². The van der Waals surface area contributed by atoms with Gasteiger partial charge in [-0.3, -0.25) is 0 Å². The van der Waals surface area contributed by atoms with Crippen LogP contribution >= 0.6 is 0 Å². The summed E-state index contributed by atoms with van der Waals surface area (Å²) in [7, 11) is 0. The highest BCUT2D eigenvalue weighted by atomic mass is 16.5. The lowest BCUT2D eigenvalue weighted by atomic mass is 10.0. The molecule has 2 heterocycles. The maximum absolute atomic E-state index is 5.88. The van der Waals surface area contributed by atoms with Gasteiger partial charge < -0.3 is 9.47 Å². The molecule has 4 nitrogen and oxygen atoms in total. The lowest BCUT2D eigenvalue weighted by molar-refractivity contribution is 0.299. The van der Waals surface area contributed by atoms with Gasteiger partial charge in [-0.25, -0.2) is 9.98 Å². The first-order valence-electron chi connectivity index (χ1n) is 9.04. The van der Waals surface area contributed by atoms with Crippen LogP contribution in [0.5, 0.6) is 0 Å². The summed E-state index contributed by atoms with van der Waals surface area (Å²) in [5.41, 5.74) is 1.99. The molecule has 0 saturated heterocycles. The van der Waals surface area contributed by atoms with Crippen molar-refractivity contribution < 1.29 is 9.47 Å². The van der Waals surface area contributed by atoms with E-state index >= 15 is 0 Å². The van der Waals surface area contributed by atoms with Crippen LogP contribution in [0.4, 0.5) is 0 Å². The zero-order valence-corrected chi connectivity index (χ0v) is 15.2. The standard InChI is InChI=1S/C20H28N2O2/c1-13(2)9-15-11-23-19(21-15)17-7-5-6-8-18(17)20-22-16(12-24-20)10-14(3)4/h5-8,13-16H,9-12H2,1-4H3/t15-,16-/m0/s1. The molecule has 3 rings (SSSR count). The van der Waals surface area contributed by atoms with Crippen molar-refractivity contribution in [1.82, 2.24) is 0 Å². The second-order valence-corrected chi connectivity index (χ2v) is 7.60. The molecule has 0 N–H and O–H groups in total. The van der Waals surface area contributed by atoms with E-state index in [1.165, 1.54) is 0 Å². The van der Waals surface area contributed by atoms with Crippen molar-refractivity contribution in [1.29, 1.82) is 0 Å². The molecular weight excluding hydrogens is 300 g/mol. The molecule has 2 aliphatic heterocycles. The van der Waals surface area contributed by atoms with Crippen LogP contribution in [-0.4, -0.2) is 37.1 Å². The van der Waals surface area contributed by atoms with E-state index in [-0.39, 0.29) is 12.1 Å². The highest BCUT2D eigenvalue weighted by Crippen LogP contribution is 2.23. The monoisotopic (exact) mass is 328 g/mol. The molecule has 0 spiro atoms. The van der Waals surface area contributed by atoms with E-state index in [0.29, 0.717) is 25.0 Å². The first kappa shape index (κ1) is 17.0. The predicted octanol–water partition coefficient (Wildman–Crippen LogP) is 4.07. The van der Waals surface area contributed by atoms with Crippen molar-refractivity contribution in [2.24, 2.45) is 21.8 Å². The van der Waals surface area contributed by atoms with Crippen LogP contribution in [0.25, 0.3) is 0 Å². The van der Waals surface area contributed by atoms with Crippen molar-refractivity contribution in [2.45, 2.75) is 52.6 Å². The molecule has 130 valence electrons. The number of aliphatic imine (C=N–C) groups is 2. The average Bonchev–Trinajstić information content (AvgIpc) is 3.15. The van der Waals surface area contributed by atoms with Gasteiger partial charge in [0.2, 0.25) is 11.8 Å². The van der Waals surface area contributed by atoms with Crippen LogP contribution in [0.1, 0.15) is 51.7 Å². The predicted molar refractivity (Wildman–Crippen MR) is 97.9 cm³/mol. The Hall–Kier alpha value is -1.84. The molecule has 0 saturated carbocycles. The van der Waals surface area contributed by atoms with Crippen LogP contribution in [0.2, 0.25) is 0 Å². The number of benzene rings is 1. The molecule has 4 heteroatoms. The highest BCUT2D eigenvalue weighted by Gasteiger charge is 2.27. The van der Waals surface area contributed by atoms with Gasteiger partial charge in [-0.05, 0) is 36.8 Å². The van der Waals surface area contributed by atoms with Gasteiger partial charge >= 0.3 is 0 Å². The zero-order valence-electron chi connectivity index (χ0n) is 15.2. The first-order valence-corrected chi connectivity index (χ1v) is 9.04. The lowest BCUT2D eigenvalue weighted by Crippen LogP contribution is -2.11. The molecule has 1 aromatic rings. The Morgan fingerprint density at radius 3 is 1.62 bits per heavy atom. The minimum atomic E-state index is 0.258. The Bertz CT molecular complexity index is 579. The summed E-state index contributed by atoms with van der Waals surface area (Å²) in [6.07, 6.45) is 2.11. The fourth-order valence-electron chi connectivity index (χ4n) is 3.31. The topological polar surface area (TPSA) is 43.2 Å². The highest BCUT2D eigenvalue weighted by molar-refractivity contribution is 6.08. The first-order chi connectivity index (χ1) is 11.5. The number of ether oxygens (including phenoxy) is 2. The van der Waals surface area contributed by atoms with E-state index in [1.807, 2.05) is 24.3 Å². The van der Waals surface area contributed by atoms with Crippen LogP contribution in [0.15, 0.2) is 34.3 Å². The van der Waals surface area contributed by atoms with E-state index in [2.05, 4.69) is 27.7 Å². The lowest BCUT2D eigenvalue weighted by Gasteiger charge is -2.08. The van der Waals surface area contributed by atoms with E-state index in [9.17, 15) is 0 Å². The third-order valence-corrected chi connectivity index (χ3v) is 4.30. The van der Waals surface area contributed by atoms with Gasteiger partial charge in [0.25, 0.3) is 0 Å². The third kappa shape index (κ3) is 3.97. The molecular formula is C20H28N2O2. The molecule has 0 radical (unpaired) electrons. The SMILES string of the molecule is CC(C)C[C@H]1COC(c2ccccc2C2=N[C@@H](CC(C)C)CO2)=N1. The van der Waals surface area contributed by atoms with Gasteiger partial charge in [0.15, 0.2) is 0 Å². The average molecular weight is 328 g/mol. The minimum absolute atomic E-state index is 0.258. The minimum Gasteiger partial charge on any atom is -0.475 e. The normalized spacial score (nSPS) is 23.2. The Labute approximate surface area is 145 Å². The quantitative estimate of drug-likeness (QED) is 0.790. The second-order valence-electron chi connectivity index (χ2n) is 7.60. The van der Waals surface area contributed by atoms with E-state index < -0.39 is 0 Å². The maximum Gasteiger partial charge on any atom is 0.217 e. The Morgan fingerprint density at radius 2 is 1.25 bits per heavy atom. The fourth-order valence-corrected chi connectivity index (χ4v) is 3.31. The van der Waals surface area contributed by atoms with E-state index in [1.54, 1.807) is 0 Å². The van der Waals surface area contributed by atoms with E-state index in [4.69, 9.17) is 19.5 Å². The summed E-state index contributed by atoms with van der Waals surface area (Å²) in [5, 5.41) is 0. The summed E-state index contributed by atoms with van der Waals surface area (Å²) in [6, 6.07) is 8.64. The summed E-state index contributed by atoms with van der Waals surface area (Å²) >= 11 is 0. The van der Waals surface area contributed by atoms with Crippen LogP contribution in [0, 0.1) is 11.8 Å². The maximum atomic E-state index is 5.88. The van der Waals surface area contributed by atoms with Gasteiger partial charge in [-0.2, -0.15) is 0 Å². The molecule has 24 heavy (non-hydrogen) atoms. The van der Waals surface area contributed by atoms with Crippen molar-refractivity contribution >= 4 is 11.8 Å². The Balaban J connectivity index is 1.82. The summed E-state index contributed by atoms with van der Waals surface area (Å²) in [5.74, 6) is 2.71. The molecule has 0 unspecified atom stereocenters. The Kier molecular flexibility index (Phi) is 5.22. The number of nitrogens with zero attached hydrogens (tertiary/aromatic N) is 2. The number of rotatable bonds is 6. The van der Waals surface area contributed by atoms with Crippen molar-refractivity contribution in [3.8, 4) is 0 Å². The molecule has 0 aromatic heterocycles. The van der Waals surface area contributed by atoms with Crippen molar-refractivity contribution in [3.63, 3.8) is 0 Å². The number of hydrogen-bond donors (Lipinski definition) is 0. The summed E-state index contributed by atoms with van der Waals surface area (Å²) < 4.78 is 11.8. The molecule has 0 bridgehead atoms. The van der Waals surface area contributed by atoms with Crippen LogP contribution < -0.4 is 0 Å². The van der Waals surface area contributed by atoms with Gasteiger partial charge in [0, 0.05) is 11.1 Å². The third-order valence-electron chi connectivity index (χ3n) is 4.30. The smallest absolute Gasteiger partial charge is 0.217 e. The molecule has 0 aliphatic carbocycles. The van der Waals surface area contributed by atoms with E-state index in [0.717, 1.165) is 35.8 Å². The number of hydrogen-bond acceptors (Lipinski definition) is 4. The van der Waals surface area contributed by atoms with Gasteiger partial charge in [-0.15, -0.1) is 0 Å². The van der Waals surface area contributed by atoms with Gasteiger partial charge in [0.1, 0.15) is 13.2 Å². The van der Waals surface area contributed by atoms with Crippen LogP contribution in [-0.2, 0) is 9.47 Å². The largest absolute Gasteiger partial charge is 0.475 e. The molecule has 0 fully saturated rings. The second kappa shape index (κ2) is 7.37. The fraction of sp³-hybridized carbons (Fsp3) is 0.600. The van der Waals surface area contributed by atoms with Crippen molar-refractivity contribution in [2.75, 3.05) is 13.2 Å². The molecule has 2 atom stereocenters. The van der Waals surface area contributed by atoms with Gasteiger partial charge in [0.05, 0.1) is 12.1 Å². The van der Waals surface area contributed by atoms with Crippen LogP contribution in [0.3, 0.4) is 0 Å². The Morgan fingerprint density at radius 1 is 0.833 bits per heavy atom. The summed E-state index contributed by atoms with van der Waals surface area (Å²) in [4.78, 5) is 9.56. The molecule has 1 aromatic carbocycles. The summed E-state index contributed by atoms with van der Waals surface area (Å²) in [6.45, 7) is 10.2. The molecule has 0 amide bonds. The zero-order chi connectivity index (χ0) is 17.1.